The molecule has 0 radical (unpaired) electrons. The molecule has 0 bridgehead atoms. The van der Waals surface area contributed by atoms with Crippen molar-refractivity contribution in [1.82, 2.24) is 43.6 Å². The minimum absolute atomic E-state index is 0. The zero-order valence-corrected chi connectivity index (χ0v) is 81.8. The van der Waals surface area contributed by atoms with E-state index in [0.29, 0.717) is 17.7 Å². The number of nitrogens with zero attached hydrogens (tertiary/aromatic N) is 9. The van der Waals surface area contributed by atoms with Crippen LogP contribution in [0.4, 0.5) is 0 Å². The maximum absolute atomic E-state index is 6.39. The third-order valence-corrected chi connectivity index (χ3v) is 25.5. The molecule has 0 aliphatic heterocycles. The molecular formula is C126H75N9O3Pt3. The van der Waals surface area contributed by atoms with E-state index in [0.717, 1.165) is 200 Å². The molecule has 9 heterocycles. The van der Waals surface area contributed by atoms with Crippen molar-refractivity contribution < 1.29 is 76.4 Å². The van der Waals surface area contributed by atoms with Crippen LogP contribution in [0.25, 0.3) is 251 Å². The van der Waals surface area contributed by atoms with Gasteiger partial charge in [0.15, 0.2) is 0 Å². The van der Waals surface area contributed by atoms with Crippen LogP contribution in [0.5, 0.6) is 0 Å². The van der Waals surface area contributed by atoms with Crippen LogP contribution < -0.4 is 0 Å². The molecule has 0 N–H and O–H groups in total. The number of pyridine rings is 3. The van der Waals surface area contributed by atoms with E-state index >= 15 is 0 Å². The number of rotatable bonds is 15. The fourth-order valence-corrected chi connectivity index (χ4v) is 18.8. The van der Waals surface area contributed by atoms with E-state index in [1.165, 1.54) is 33.4 Å². The van der Waals surface area contributed by atoms with Gasteiger partial charge in [0.05, 0.1) is 11.0 Å². The van der Waals surface area contributed by atoms with Gasteiger partial charge in [0.1, 0.15) is 39.9 Å². The SMILES string of the molecule is [Pt+2].[Pt+2].[Pt+2].[c-]1c(-c2ccccn2)ccc(-c2ccc(-c3ccccc3)cc2)c1-n1c2[c-]c(-c3nc4ccccc4o3)ccc2c2ccccc21.[c-]1c(-c2ccccn2)cccc1-n1c2[c-]c(-c3nc4c(-c5ccc(-c6ccccc6)cc5)cccc4o3)ccc2c2ccccc21.[c-]1c(-c2ccccn2)cccc1-n1c2[c-]c(-c3nc4cc(-c5ccc(-c6ccccc6)cc5)ccc4o3)ccc2c2ccccc21. The summed E-state index contributed by atoms with van der Waals surface area (Å²) in [6.45, 7) is 0. The second-order valence-corrected chi connectivity index (χ2v) is 33.8. The van der Waals surface area contributed by atoms with Gasteiger partial charge in [-0.1, -0.05) is 329 Å². The number of aromatic nitrogens is 9. The topological polar surface area (TPSA) is 132 Å². The van der Waals surface area contributed by atoms with E-state index in [4.69, 9.17) is 28.2 Å². The van der Waals surface area contributed by atoms with Crippen molar-refractivity contribution in [2.45, 2.75) is 0 Å². The quantitative estimate of drug-likeness (QED) is 0.0921. The first-order valence-corrected chi connectivity index (χ1v) is 45.8. The molecule has 12 nitrogen and oxygen atoms in total. The Morgan fingerprint density at radius 2 is 0.553 bits per heavy atom. The molecule has 15 heteroatoms. The molecule has 9 aromatic heterocycles. The van der Waals surface area contributed by atoms with Gasteiger partial charge >= 0.3 is 63.2 Å². The Morgan fingerprint density at radius 1 is 0.206 bits per heavy atom. The molecule has 0 aliphatic rings. The van der Waals surface area contributed by atoms with Gasteiger partial charge in [-0.2, -0.15) is 0 Å². The molecule has 0 atom stereocenters. The summed E-state index contributed by atoms with van der Waals surface area (Å²) in [6, 6.07) is 172. The summed E-state index contributed by atoms with van der Waals surface area (Å²) in [4.78, 5) is 28.5. The monoisotopic (exact) mass is 2350 g/mol. The van der Waals surface area contributed by atoms with Crippen molar-refractivity contribution in [3.63, 3.8) is 0 Å². The predicted molar refractivity (Wildman–Crippen MR) is 557 cm³/mol. The second-order valence-electron chi connectivity index (χ2n) is 33.8. The van der Waals surface area contributed by atoms with Gasteiger partial charge in [-0.15, -0.1) is 138 Å². The Balaban J connectivity index is 0.000000120. The molecule has 0 saturated carbocycles. The van der Waals surface area contributed by atoms with Crippen molar-refractivity contribution >= 4 is 98.7 Å². The third kappa shape index (κ3) is 17.2. The third-order valence-electron chi connectivity index (χ3n) is 25.5. The van der Waals surface area contributed by atoms with Crippen LogP contribution in [0.2, 0.25) is 0 Å². The molecule has 27 aromatic rings. The fourth-order valence-electron chi connectivity index (χ4n) is 18.8. The second kappa shape index (κ2) is 39.0. The summed E-state index contributed by atoms with van der Waals surface area (Å²) in [6.07, 6.45) is 5.43. The molecule has 0 unspecified atom stereocenters. The molecule has 672 valence electrons. The smallest absolute Gasteiger partial charge is 0.481 e. The van der Waals surface area contributed by atoms with Crippen LogP contribution in [-0.2, 0) is 63.2 Å². The summed E-state index contributed by atoms with van der Waals surface area (Å²) < 4.78 is 25.5. The number of hydrogen-bond donors (Lipinski definition) is 0. The predicted octanol–water partition coefficient (Wildman–Crippen LogP) is 31.8. The van der Waals surface area contributed by atoms with E-state index < -0.39 is 0 Å². The van der Waals surface area contributed by atoms with E-state index in [2.05, 4.69) is 350 Å². The molecule has 0 saturated heterocycles. The van der Waals surface area contributed by atoms with Gasteiger partial charge < -0.3 is 41.9 Å². The molecule has 27 rings (SSSR count). The average Bonchev–Trinajstić information content (AvgIpc) is 1.59. The van der Waals surface area contributed by atoms with Gasteiger partial charge in [-0.25, -0.2) is 0 Å². The van der Waals surface area contributed by atoms with Gasteiger partial charge in [-0.05, 0) is 184 Å². The molecule has 141 heavy (non-hydrogen) atoms. The first kappa shape index (κ1) is 89.5. The molecule has 0 amide bonds. The standard InChI is InChI=1S/3C42H25N3O.3Pt/c1-2-10-28(11-3-1)29-17-19-30(20-18-29)33-23-21-31(36-13-8-9-25-43-36)26-39(33)45-38-15-6-4-12-34(38)35-24-22-32(27-40(35)45)42-44-37-14-5-7-16-41(37)46-42;1-2-10-28(11-3-1)29-19-21-30(22-20-29)34-15-9-18-40-41(34)44-42(46-40)32-23-24-36-35-14-4-5-17-38(35)45(39(36)27-32)33-13-8-12-31(26-33)37-16-6-7-25-43-37;1-2-9-28(10-3-1)29-16-18-30(19-17-29)31-21-23-41-38(26-31)44-42(46-41)33-20-22-36-35-13-4-5-15-39(35)45(40(36)27-33)34-12-8-11-32(25-34)37-14-6-7-24-43-37;;;/h2*1-25H;1-24,26H;;;/q3*-2;3*+2. The number of para-hydroxylation sites is 6. The Hall–Kier alpha value is -16.7. The van der Waals surface area contributed by atoms with Gasteiger partial charge in [0, 0.05) is 40.7 Å². The van der Waals surface area contributed by atoms with Gasteiger partial charge in [0.2, 0.25) is 0 Å². The fraction of sp³-hybridized carbons (Fsp3) is 0. The zero-order valence-electron chi connectivity index (χ0n) is 75.0. The van der Waals surface area contributed by atoms with Crippen molar-refractivity contribution in [3.05, 3.63) is 492 Å². The Labute approximate surface area is 855 Å². The van der Waals surface area contributed by atoms with Crippen LogP contribution in [0, 0.1) is 36.4 Å². The summed E-state index contributed by atoms with van der Waals surface area (Å²) >= 11 is 0. The van der Waals surface area contributed by atoms with E-state index in [1.807, 2.05) is 164 Å². The number of fused-ring (bicyclic) bond motifs is 12. The molecular weight excluding hydrogens is 2270 g/mol. The maximum Gasteiger partial charge on any atom is 2.00 e. The van der Waals surface area contributed by atoms with Crippen molar-refractivity contribution in [2.75, 3.05) is 0 Å². The van der Waals surface area contributed by atoms with E-state index in [-0.39, 0.29) is 63.2 Å². The van der Waals surface area contributed by atoms with E-state index in [1.54, 1.807) is 6.20 Å². The minimum atomic E-state index is 0. The number of benzene rings is 18. The summed E-state index contributed by atoms with van der Waals surface area (Å²) in [5, 5.41) is 6.74. The largest absolute Gasteiger partial charge is 2.00 e. The van der Waals surface area contributed by atoms with Gasteiger partial charge in [-0.3, -0.25) is 15.0 Å². The summed E-state index contributed by atoms with van der Waals surface area (Å²) in [5.41, 5.74) is 34.9. The number of hydrogen-bond acceptors (Lipinski definition) is 9. The van der Waals surface area contributed by atoms with Gasteiger partial charge in [0.25, 0.3) is 0 Å². The molecule has 0 fully saturated rings. The molecule has 18 aromatic carbocycles. The summed E-state index contributed by atoms with van der Waals surface area (Å²) in [5.74, 6) is 1.62. The minimum Gasteiger partial charge on any atom is -0.481 e. The Morgan fingerprint density at radius 3 is 1.02 bits per heavy atom. The van der Waals surface area contributed by atoms with Crippen LogP contribution in [-0.4, -0.2) is 43.6 Å². The average molecular weight is 2350 g/mol. The van der Waals surface area contributed by atoms with Crippen LogP contribution in [0.15, 0.2) is 469 Å². The maximum atomic E-state index is 6.39. The Bertz CT molecular complexity index is 9220. The van der Waals surface area contributed by atoms with Crippen molar-refractivity contribution in [2.24, 2.45) is 0 Å². The van der Waals surface area contributed by atoms with Crippen molar-refractivity contribution in [3.8, 4) is 152 Å². The first-order valence-electron chi connectivity index (χ1n) is 45.8. The van der Waals surface area contributed by atoms with Crippen molar-refractivity contribution in [1.29, 1.82) is 0 Å². The number of oxazole rings is 3. The normalized spacial score (nSPS) is 11.2. The Kier molecular flexibility index (Phi) is 24.8. The first-order chi connectivity index (χ1) is 68.4. The van der Waals surface area contributed by atoms with Crippen LogP contribution >= 0.6 is 0 Å². The molecule has 0 aliphatic carbocycles. The van der Waals surface area contributed by atoms with Crippen LogP contribution in [0.3, 0.4) is 0 Å². The summed E-state index contributed by atoms with van der Waals surface area (Å²) in [7, 11) is 0. The zero-order chi connectivity index (χ0) is 91.4. The molecule has 0 spiro atoms. The van der Waals surface area contributed by atoms with E-state index in [9.17, 15) is 0 Å². The van der Waals surface area contributed by atoms with Crippen LogP contribution in [0.1, 0.15) is 0 Å².